The van der Waals surface area contributed by atoms with Crippen LogP contribution in [0.2, 0.25) is 0 Å². The number of carbonyl (C=O) groups is 1. The monoisotopic (exact) mass is 548 g/mol. The Hall–Kier alpha value is -5.24. The summed E-state index contributed by atoms with van der Waals surface area (Å²) in [6.07, 6.45) is 4.70. The van der Waals surface area contributed by atoms with Gasteiger partial charge >= 0.3 is 0 Å². The number of hydrogen-bond acceptors (Lipinski definition) is 9. The van der Waals surface area contributed by atoms with Crippen molar-refractivity contribution in [1.29, 1.82) is 5.26 Å². The highest BCUT2D eigenvalue weighted by atomic mass is 16.5. The molecule has 0 radical (unpaired) electrons. The van der Waals surface area contributed by atoms with Gasteiger partial charge in [-0.1, -0.05) is 30.3 Å². The third kappa shape index (κ3) is 5.19. The maximum absolute atomic E-state index is 13.3. The third-order valence-corrected chi connectivity index (χ3v) is 7.62. The standard InChI is InChI=1S/C30H28N8O3/c1-20-26(17-34-35-28(20)39)38-18-23-5-2-3-8-25(23)27(38)19-41-24-7-4-6-22(13-24)29(40)36-9-11-37(12-10-36)30-32-15-21(14-31)16-33-30/h2-8,13,15-17,27H,9-12,18-19H2,1H3,(H,35,39)/t27-/m1/s1. The highest BCUT2D eigenvalue weighted by molar-refractivity contribution is 5.94. The molecular weight excluding hydrogens is 520 g/mol. The quantitative estimate of drug-likeness (QED) is 0.386. The van der Waals surface area contributed by atoms with Gasteiger partial charge in [-0.3, -0.25) is 9.59 Å². The summed E-state index contributed by atoms with van der Waals surface area (Å²) in [5, 5.41) is 15.5. The minimum Gasteiger partial charge on any atom is -0.491 e. The van der Waals surface area contributed by atoms with Crippen LogP contribution in [0.3, 0.4) is 0 Å². The summed E-state index contributed by atoms with van der Waals surface area (Å²) in [5.74, 6) is 1.10. The van der Waals surface area contributed by atoms with Crippen LogP contribution in [0.5, 0.6) is 5.75 Å². The number of anilines is 2. The predicted molar refractivity (Wildman–Crippen MR) is 152 cm³/mol. The molecule has 1 amide bonds. The van der Waals surface area contributed by atoms with Crippen LogP contribution < -0.4 is 20.1 Å². The van der Waals surface area contributed by atoms with E-state index in [2.05, 4.69) is 37.2 Å². The lowest BCUT2D eigenvalue weighted by molar-refractivity contribution is 0.0745. The van der Waals surface area contributed by atoms with E-state index in [1.165, 1.54) is 18.0 Å². The molecule has 6 rings (SSSR count). The number of nitrogens with one attached hydrogen (secondary N) is 1. The number of nitriles is 1. The Bertz CT molecular complexity index is 1670. The Morgan fingerprint density at radius 1 is 1.07 bits per heavy atom. The number of H-pyrrole nitrogens is 1. The zero-order valence-corrected chi connectivity index (χ0v) is 22.5. The van der Waals surface area contributed by atoms with Crippen LogP contribution in [0, 0.1) is 18.3 Å². The fourth-order valence-electron chi connectivity index (χ4n) is 5.36. The summed E-state index contributed by atoms with van der Waals surface area (Å²) in [7, 11) is 0. The van der Waals surface area contributed by atoms with E-state index in [1.807, 2.05) is 40.1 Å². The number of rotatable bonds is 6. The minimum atomic E-state index is -0.213. The summed E-state index contributed by atoms with van der Waals surface area (Å²) >= 11 is 0. The van der Waals surface area contributed by atoms with E-state index in [9.17, 15) is 9.59 Å². The molecule has 41 heavy (non-hydrogen) atoms. The van der Waals surface area contributed by atoms with Crippen LogP contribution >= 0.6 is 0 Å². The van der Waals surface area contributed by atoms with Gasteiger partial charge in [0.15, 0.2) is 0 Å². The number of aromatic amines is 1. The van der Waals surface area contributed by atoms with E-state index < -0.39 is 0 Å². The normalized spacial score (nSPS) is 16.3. The first-order valence-corrected chi connectivity index (χ1v) is 13.4. The van der Waals surface area contributed by atoms with E-state index in [-0.39, 0.29) is 17.5 Å². The van der Waals surface area contributed by atoms with Gasteiger partial charge in [0.1, 0.15) is 18.4 Å². The number of fused-ring (bicyclic) bond motifs is 1. The van der Waals surface area contributed by atoms with Crippen molar-refractivity contribution in [3.05, 3.63) is 105 Å². The van der Waals surface area contributed by atoms with Crippen LogP contribution in [0.25, 0.3) is 0 Å². The molecule has 1 N–H and O–H groups in total. The average molecular weight is 549 g/mol. The molecule has 1 fully saturated rings. The lowest BCUT2D eigenvalue weighted by Crippen LogP contribution is -2.49. The van der Waals surface area contributed by atoms with Crippen molar-refractivity contribution in [2.75, 3.05) is 42.6 Å². The number of nitrogens with zero attached hydrogens (tertiary/aromatic N) is 7. The molecule has 11 nitrogen and oxygen atoms in total. The number of aromatic nitrogens is 4. The van der Waals surface area contributed by atoms with E-state index >= 15 is 0 Å². The Morgan fingerprint density at radius 3 is 2.63 bits per heavy atom. The molecule has 11 heteroatoms. The van der Waals surface area contributed by atoms with Crippen molar-refractivity contribution in [3.8, 4) is 11.8 Å². The van der Waals surface area contributed by atoms with E-state index in [0.717, 1.165) is 11.3 Å². The van der Waals surface area contributed by atoms with Gasteiger partial charge in [0.2, 0.25) is 5.95 Å². The molecule has 0 spiro atoms. The summed E-state index contributed by atoms with van der Waals surface area (Å²) < 4.78 is 6.27. The predicted octanol–water partition coefficient (Wildman–Crippen LogP) is 2.84. The second kappa shape index (κ2) is 11.1. The molecule has 0 bridgehead atoms. The number of amides is 1. The van der Waals surface area contributed by atoms with Crippen molar-refractivity contribution < 1.29 is 9.53 Å². The summed E-state index contributed by atoms with van der Waals surface area (Å²) in [4.78, 5) is 40.1. The van der Waals surface area contributed by atoms with Crippen molar-refractivity contribution >= 4 is 17.5 Å². The summed E-state index contributed by atoms with van der Waals surface area (Å²) in [6.45, 7) is 5.04. The molecular formula is C30H28N8O3. The highest BCUT2D eigenvalue weighted by Crippen LogP contribution is 2.38. The first kappa shape index (κ1) is 26.0. The molecule has 4 aromatic rings. The molecule has 2 aliphatic heterocycles. The first-order chi connectivity index (χ1) is 20.0. The zero-order valence-electron chi connectivity index (χ0n) is 22.5. The Morgan fingerprint density at radius 2 is 1.85 bits per heavy atom. The third-order valence-electron chi connectivity index (χ3n) is 7.62. The van der Waals surface area contributed by atoms with Crippen LogP contribution in [0.15, 0.2) is 71.9 Å². The van der Waals surface area contributed by atoms with Crippen molar-refractivity contribution in [3.63, 3.8) is 0 Å². The second-order valence-corrected chi connectivity index (χ2v) is 10.1. The molecule has 2 aromatic heterocycles. The van der Waals surface area contributed by atoms with Gasteiger partial charge in [0, 0.05) is 43.9 Å². The van der Waals surface area contributed by atoms with Crippen molar-refractivity contribution in [2.45, 2.75) is 19.5 Å². The molecule has 2 aliphatic rings. The van der Waals surface area contributed by atoms with Gasteiger partial charge in [-0.2, -0.15) is 10.4 Å². The molecule has 1 atom stereocenters. The Kier molecular flexibility index (Phi) is 7.04. The zero-order chi connectivity index (χ0) is 28.3. The SMILES string of the molecule is Cc1c(N2Cc3ccccc3[C@H]2COc2cccc(C(=O)N3CCN(c4ncc(C#N)cn4)CC3)c2)cn[nH]c1=O. The van der Waals surface area contributed by atoms with Gasteiger partial charge in [0.05, 0.1) is 35.9 Å². The molecule has 0 saturated carbocycles. The number of ether oxygens (including phenoxy) is 1. The Labute approximate surface area is 236 Å². The summed E-state index contributed by atoms with van der Waals surface area (Å²) in [5.41, 5.74) is 4.46. The van der Waals surface area contributed by atoms with Crippen LogP contribution in [0.1, 0.15) is 38.7 Å². The molecule has 2 aromatic carbocycles. The smallest absolute Gasteiger partial charge is 0.269 e. The Balaban J connectivity index is 1.13. The van der Waals surface area contributed by atoms with Gasteiger partial charge in [-0.15, -0.1) is 0 Å². The largest absolute Gasteiger partial charge is 0.491 e. The van der Waals surface area contributed by atoms with E-state index in [4.69, 9.17) is 10.00 Å². The number of hydrogen-bond donors (Lipinski definition) is 1. The van der Waals surface area contributed by atoms with Crippen LogP contribution in [0.4, 0.5) is 11.6 Å². The fraction of sp³-hybridized carbons (Fsp3) is 0.267. The number of benzene rings is 2. The second-order valence-electron chi connectivity index (χ2n) is 10.1. The average Bonchev–Trinajstić information content (AvgIpc) is 3.39. The van der Waals surface area contributed by atoms with Crippen LogP contribution in [-0.2, 0) is 6.54 Å². The van der Waals surface area contributed by atoms with Crippen LogP contribution in [-0.4, -0.2) is 63.8 Å². The van der Waals surface area contributed by atoms with Crippen molar-refractivity contribution in [1.82, 2.24) is 25.1 Å². The molecule has 0 unspecified atom stereocenters. The minimum absolute atomic E-state index is 0.0612. The lowest BCUT2D eigenvalue weighted by Gasteiger charge is -2.34. The molecule has 1 saturated heterocycles. The maximum atomic E-state index is 13.3. The van der Waals surface area contributed by atoms with E-state index in [1.54, 1.807) is 25.3 Å². The lowest BCUT2D eigenvalue weighted by atomic mass is 10.1. The van der Waals surface area contributed by atoms with Gasteiger partial charge < -0.3 is 19.4 Å². The van der Waals surface area contributed by atoms with Gasteiger partial charge in [0.25, 0.3) is 11.5 Å². The number of carbonyl (C=O) groups excluding carboxylic acids is 1. The molecule has 4 heterocycles. The highest BCUT2D eigenvalue weighted by Gasteiger charge is 2.32. The summed E-state index contributed by atoms with van der Waals surface area (Å²) in [6, 6.07) is 17.3. The number of piperazine rings is 1. The first-order valence-electron chi connectivity index (χ1n) is 13.4. The maximum Gasteiger partial charge on any atom is 0.269 e. The topological polar surface area (TPSA) is 131 Å². The fourth-order valence-corrected chi connectivity index (χ4v) is 5.36. The van der Waals surface area contributed by atoms with Crippen molar-refractivity contribution in [2.24, 2.45) is 0 Å². The van der Waals surface area contributed by atoms with Gasteiger partial charge in [-0.05, 0) is 36.2 Å². The van der Waals surface area contributed by atoms with E-state index in [0.29, 0.717) is 67.7 Å². The van der Waals surface area contributed by atoms with Gasteiger partial charge in [-0.25, -0.2) is 15.1 Å². The molecule has 206 valence electrons. The molecule has 0 aliphatic carbocycles.